The molecule has 0 aliphatic heterocycles. The van der Waals surface area contributed by atoms with Crippen LogP contribution < -0.4 is 10.6 Å². The van der Waals surface area contributed by atoms with Crippen molar-refractivity contribution in [1.29, 1.82) is 5.26 Å². The first-order valence-electron chi connectivity index (χ1n) is 11.4. The van der Waals surface area contributed by atoms with E-state index < -0.39 is 35.6 Å². The van der Waals surface area contributed by atoms with Crippen molar-refractivity contribution in [3.63, 3.8) is 0 Å². The number of carbonyl (C=O) groups is 3. The molecule has 8 nitrogen and oxygen atoms in total. The van der Waals surface area contributed by atoms with Crippen LogP contribution in [0.3, 0.4) is 0 Å². The Morgan fingerprint density at radius 1 is 1.03 bits per heavy atom. The molecule has 0 radical (unpaired) electrons. The first kappa shape index (κ1) is 27.4. The molecule has 0 aromatic heterocycles. The van der Waals surface area contributed by atoms with Crippen LogP contribution in [0.15, 0.2) is 42.5 Å². The van der Waals surface area contributed by atoms with Gasteiger partial charge in [-0.3, -0.25) is 9.59 Å². The van der Waals surface area contributed by atoms with Gasteiger partial charge in [0, 0.05) is 5.69 Å². The lowest BCUT2D eigenvalue weighted by molar-refractivity contribution is -0.139. The Labute approximate surface area is 207 Å². The zero-order valence-electron chi connectivity index (χ0n) is 21.4. The molecule has 0 aliphatic rings. The monoisotopic (exact) mass is 478 g/mol. The van der Waals surface area contributed by atoms with Crippen LogP contribution in [0.2, 0.25) is 0 Å². The second-order valence-corrected chi connectivity index (χ2v) is 9.56. The predicted octanol–water partition coefficient (Wildman–Crippen LogP) is 4.56. The standard InChI is InChI=1S/C27H34N4O4/c1-17-11-13-21(14-12-17)23(24(32)30-22-18(2)9-8-10-19(22)3)31(16-15-28)25(33)20(4)29-26(34)35-27(5,6)7/h8-14,20,23H,16H2,1-7H3,(H,29,34)(H,30,32). The molecular formula is C27H34N4O4. The molecule has 35 heavy (non-hydrogen) atoms. The van der Waals surface area contributed by atoms with Gasteiger partial charge < -0.3 is 20.3 Å². The number of amides is 3. The van der Waals surface area contributed by atoms with E-state index in [0.717, 1.165) is 16.7 Å². The molecule has 0 fully saturated rings. The molecule has 3 amide bonds. The van der Waals surface area contributed by atoms with Crippen LogP contribution in [-0.4, -0.2) is 41.0 Å². The Bertz CT molecular complexity index is 1090. The fourth-order valence-electron chi connectivity index (χ4n) is 3.59. The number of anilines is 1. The van der Waals surface area contributed by atoms with Crippen molar-refractivity contribution in [3.8, 4) is 6.07 Å². The Hall–Kier alpha value is -3.86. The summed E-state index contributed by atoms with van der Waals surface area (Å²) in [5, 5.41) is 15.0. The van der Waals surface area contributed by atoms with Gasteiger partial charge in [-0.1, -0.05) is 48.0 Å². The van der Waals surface area contributed by atoms with Gasteiger partial charge in [-0.2, -0.15) is 5.26 Å². The maximum atomic E-state index is 13.6. The van der Waals surface area contributed by atoms with E-state index in [9.17, 15) is 19.6 Å². The topological polar surface area (TPSA) is 112 Å². The number of ether oxygens (including phenoxy) is 1. The molecule has 2 N–H and O–H groups in total. The number of nitrogens with one attached hydrogen (secondary N) is 2. The summed E-state index contributed by atoms with van der Waals surface area (Å²) in [6, 6.07) is 12.7. The van der Waals surface area contributed by atoms with Gasteiger partial charge >= 0.3 is 6.09 Å². The number of benzene rings is 2. The number of hydrogen-bond donors (Lipinski definition) is 2. The Balaban J connectivity index is 2.43. The second kappa shape index (κ2) is 11.5. The van der Waals surface area contributed by atoms with E-state index in [1.807, 2.05) is 57.2 Å². The molecule has 0 bridgehead atoms. The first-order valence-corrected chi connectivity index (χ1v) is 11.4. The predicted molar refractivity (Wildman–Crippen MR) is 135 cm³/mol. The summed E-state index contributed by atoms with van der Waals surface area (Å²) in [5.41, 5.74) is 3.19. The smallest absolute Gasteiger partial charge is 0.408 e. The minimum absolute atomic E-state index is 0.349. The van der Waals surface area contributed by atoms with E-state index in [4.69, 9.17) is 4.74 Å². The highest BCUT2D eigenvalue weighted by atomic mass is 16.6. The number of aryl methyl sites for hydroxylation is 3. The maximum Gasteiger partial charge on any atom is 0.408 e. The minimum Gasteiger partial charge on any atom is -0.444 e. The highest BCUT2D eigenvalue weighted by Crippen LogP contribution is 2.27. The third-order valence-corrected chi connectivity index (χ3v) is 5.31. The van der Waals surface area contributed by atoms with Gasteiger partial charge in [0.05, 0.1) is 6.07 Å². The summed E-state index contributed by atoms with van der Waals surface area (Å²) in [6.07, 6.45) is -0.762. The van der Waals surface area contributed by atoms with Crippen LogP contribution in [0.4, 0.5) is 10.5 Å². The van der Waals surface area contributed by atoms with Crippen molar-refractivity contribution in [2.45, 2.75) is 66.2 Å². The molecule has 0 saturated carbocycles. The molecule has 0 heterocycles. The number of carbonyl (C=O) groups excluding carboxylic acids is 3. The Morgan fingerprint density at radius 2 is 1.60 bits per heavy atom. The molecule has 186 valence electrons. The van der Waals surface area contributed by atoms with E-state index >= 15 is 0 Å². The largest absolute Gasteiger partial charge is 0.444 e. The average Bonchev–Trinajstić information content (AvgIpc) is 2.75. The van der Waals surface area contributed by atoms with E-state index in [-0.39, 0.29) is 6.54 Å². The van der Waals surface area contributed by atoms with Gasteiger partial charge in [0.2, 0.25) is 5.91 Å². The van der Waals surface area contributed by atoms with Gasteiger partial charge in [-0.05, 0) is 65.2 Å². The summed E-state index contributed by atoms with van der Waals surface area (Å²) in [5.74, 6) is -1.04. The number of para-hydroxylation sites is 1. The number of rotatable bonds is 7. The Kier molecular flexibility index (Phi) is 9.01. The number of hydrogen-bond acceptors (Lipinski definition) is 5. The zero-order valence-corrected chi connectivity index (χ0v) is 21.4. The molecular weight excluding hydrogens is 444 g/mol. The molecule has 8 heteroatoms. The molecule has 2 aromatic rings. The fourth-order valence-corrected chi connectivity index (χ4v) is 3.59. The van der Waals surface area contributed by atoms with Crippen LogP contribution in [0.25, 0.3) is 0 Å². The molecule has 2 aromatic carbocycles. The summed E-state index contributed by atoms with van der Waals surface area (Å²) in [7, 11) is 0. The van der Waals surface area contributed by atoms with Crippen molar-refractivity contribution in [1.82, 2.24) is 10.2 Å². The molecule has 2 unspecified atom stereocenters. The van der Waals surface area contributed by atoms with Crippen molar-refractivity contribution in [2.24, 2.45) is 0 Å². The van der Waals surface area contributed by atoms with Gasteiger partial charge in [-0.25, -0.2) is 4.79 Å². The zero-order chi connectivity index (χ0) is 26.3. The molecule has 0 spiro atoms. The summed E-state index contributed by atoms with van der Waals surface area (Å²) < 4.78 is 5.24. The normalized spacial score (nSPS) is 12.6. The average molecular weight is 479 g/mol. The summed E-state index contributed by atoms with van der Waals surface area (Å²) >= 11 is 0. The SMILES string of the molecule is Cc1ccc(C(C(=O)Nc2c(C)cccc2C)N(CC#N)C(=O)C(C)NC(=O)OC(C)(C)C)cc1. The maximum absolute atomic E-state index is 13.6. The lowest BCUT2D eigenvalue weighted by Gasteiger charge is -2.32. The number of nitriles is 1. The minimum atomic E-state index is -1.09. The third-order valence-electron chi connectivity index (χ3n) is 5.31. The van der Waals surface area contributed by atoms with Gasteiger partial charge in [-0.15, -0.1) is 0 Å². The van der Waals surface area contributed by atoms with Gasteiger partial charge in [0.1, 0.15) is 24.2 Å². The van der Waals surface area contributed by atoms with E-state index in [1.165, 1.54) is 11.8 Å². The van der Waals surface area contributed by atoms with Crippen LogP contribution in [0, 0.1) is 32.1 Å². The van der Waals surface area contributed by atoms with E-state index in [1.54, 1.807) is 32.9 Å². The van der Waals surface area contributed by atoms with Crippen molar-refractivity contribution >= 4 is 23.6 Å². The highest BCUT2D eigenvalue weighted by Gasteiger charge is 2.35. The lowest BCUT2D eigenvalue weighted by Crippen LogP contribution is -2.51. The van der Waals surface area contributed by atoms with Crippen molar-refractivity contribution < 1.29 is 19.1 Å². The molecule has 2 rings (SSSR count). The molecule has 0 saturated heterocycles. The highest BCUT2D eigenvalue weighted by molar-refractivity contribution is 5.99. The van der Waals surface area contributed by atoms with Gasteiger partial charge in [0.25, 0.3) is 5.91 Å². The van der Waals surface area contributed by atoms with E-state index in [2.05, 4.69) is 10.6 Å². The van der Waals surface area contributed by atoms with Crippen LogP contribution in [0.5, 0.6) is 0 Å². The summed E-state index contributed by atoms with van der Waals surface area (Å²) in [4.78, 5) is 40.5. The van der Waals surface area contributed by atoms with Crippen molar-refractivity contribution in [2.75, 3.05) is 11.9 Å². The number of nitrogens with zero attached hydrogens (tertiary/aromatic N) is 2. The number of alkyl carbamates (subject to hydrolysis) is 1. The van der Waals surface area contributed by atoms with Crippen molar-refractivity contribution in [3.05, 3.63) is 64.7 Å². The first-order chi connectivity index (χ1) is 16.3. The van der Waals surface area contributed by atoms with E-state index in [0.29, 0.717) is 11.3 Å². The van der Waals surface area contributed by atoms with Crippen LogP contribution >= 0.6 is 0 Å². The molecule has 2 atom stereocenters. The molecule has 0 aliphatic carbocycles. The second-order valence-electron chi connectivity index (χ2n) is 9.56. The quantitative estimate of drug-likeness (QED) is 0.567. The fraction of sp³-hybridized carbons (Fsp3) is 0.407. The van der Waals surface area contributed by atoms with Crippen LogP contribution in [-0.2, 0) is 14.3 Å². The van der Waals surface area contributed by atoms with Gasteiger partial charge in [0.15, 0.2) is 0 Å². The summed E-state index contributed by atoms with van der Waals surface area (Å²) in [6.45, 7) is 12.0. The lowest BCUT2D eigenvalue weighted by atomic mass is 10.0. The Morgan fingerprint density at radius 3 is 2.11 bits per heavy atom. The third kappa shape index (κ3) is 7.57. The van der Waals surface area contributed by atoms with Crippen LogP contribution in [0.1, 0.15) is 56.0 Å².